The Morgan fingerprint density at radius 2 is 1.89 bits per heavy atom. The number of hydrogen-bond acceptors (Lipinski definition) is 5. The van der Waals surface area contributed by atoms with E-state index in [9.17, 15) is 13.2 Å². The van der Waals surface area contributed by atoms with Crippen LogP contribution >= 0.6 is 23.4 Å². The van der Waals surface area contributed by atoms with Crippen LogP contribution < -0.4 is 10.5 Å². The Morgan fingerprint density at radius 3 is 2.57 bits per heavy atom. The van der Waals surface area contributed by atoms with E-state index in [-0.39, 0.29) is 16.8 Å². The minimum Gasteiger partial charge on any atom is -0.484 e. The minimum atomic E-state index is -3.61. The van der Waals surface area contributed by atoms with Gasteiger partial charge in [0.2, 0.25) is 10.0 Å². The van der Waals surface area contributed by atoms with E-state index in [4.69, 9.17) is 22.1 Å². The number of nitrogens with zero attached hydrogens (tertiary/aromatic N) is 1. The van der Waals surface area contributed by atoms with Crippen LogP contribution in [0, 0.1) is 0 Å². The molecule has 28 heavy (non-hydrogen) atoms. The summed E-state index contributed by atoms with van der Waals surface area (Å²) in [6.45, 7) is 0.609. The molecule has 0 unspecified atom stereocenters. The number of carbonyl (C=O) groups excluding carboxylic acids is 1. The van der Waals surface area contributed by atoms with Crippen molar-refractivity contribution in [1.82, 2.24) is 4.31 Å². The van der Waals surface area contributed by atoms with Crippen LogP contribution in [0.4, 0.5) is 0 Å². The number of carbonyl (C=O) groups is 1. The number of nitrogens with two attached hydrogens (primary N) is 1. The molecule has 2 aromatic carbocycles. The van der Waals surface area contributed by atoms with Crippen molar-refractivity contribution in [3.8, 4) is 5.75 Å². The van der Waals surface area contributed by atoms with Gasteiger partial charge in [0, 0.05) is 29.1 Å². The maximum atomic E-state index is 13.0. The number of primary amides is 1. The van der Waals surface area contributed by atoms with E-state index < -0.39 is 15.9 Å². The topological polar surface area (TPSA) is 89.7 Å². The van der Waals surface area contributed by atoms with Crippen LogP contribution in [0.2, 0.25) is 5.02 Å². The minimum absolute atomic E-state index is 0.165. The SMILES string of the molecule is NC(=O)COc1ccc(S(=O)(=O)N2CCS[C@@H](c3ccccc3Cl)CC2)cc1. The molecule has 3 rings (SSSR count). The predicted octanol–water partition coefficient (Wildman–Crippen LogP) is 3.07. The van der Waals surface area contributed by atoms with Gasteiger partial charge in [0.05, 0.1) is 4.90 Å². The summed E-state index contributed by atoms with van der Waals surface area (Å²) in [6, 6.07) is 13.7. The lowest BCUT2D eigenvalue weighted by atomic mass is 10.1. The zero-order valence-corrected chi connectivity index (χ0v) is 17.5. The summed E-state index contributed by atoms with van der Waals surface area (Å²) in [5, 5.41) is 0.876. The first-order chi connectivity index (χ1) is 13.4. The van der Waals surface area contributed by atoms with Gasteiger partial charge in [0.25, 0.3) is 5.91 Å². The van der Waals surface area contributed by atoms with Gasteiger partial charge in [-0.25, -0.2) is 8.42 Å². The molecule has 1 saturated heterocycles. The molecule has 1 amide bonds. The van der Waals surface area contributed by atoms with Crippen LogP contribution in [-0.4, -0.2) is 44.1 Å². The molecule has 1 aliphatic rings. The lowest BCUT2D eigenvalue weighted by Gasteiger charge is -2.20. The van der Waals surface area contributed by atoms with E-state index in [0.29, 0.717) is 36.0 Å². The maximum Gasteiger partial charge on any atom is 0.255 e. The Labute approximate surface area is 174 Å². The standard InChI is InChI=1S/C19H21ClN2O4S2/c20-17-4-2-1-3-16(17)18-9-10-22(11-12-27-18)28(24,25)15-7-5-14(6-8-15)26-13-19(21)23/h1-8,18H,9-13H2,(H2,21,23)/t18-/m1/s1. The van der Waals surface area contributed by atoms with E-state index in [1.165, 1.54) is 28.6 Å². The van der Waals surface area contributed by atoms with Crippen molar-refractivity contribution in [2.24, 2.45) is 5.73 Å². The molecule has 1 heterocycles. The fourth-order valence-corrected chi connectivity index (χ4v) is 6.16. The lowest BCUT2D eigenvalue weighted by Crippen LogP contribution is -2.33. The summed E-state index contributed by atoms with van der Waals surface area (Å²) < 4.78 is 32.7. The largest absolute Gasteiger partial charge is 0.484 e. The Balaban J connectivity index is 1.70. The zero-order valence-electron chi connectivity index (χ0n) is 15.1. The normalized spacial score (nSPS) is 18.4. The first-order valence-corrected chi connectivity index (χ1v) is 11.6. The third-order valence-electron chi connectivity index (χ3n) is 4.40. The number of hydrogen-bond donors (Lipinski definition) is 1. The van der Waals surface area contributed by atoms with Crippen LogP contribution in [0.5, 0.6) is 5.75 Å². The van der Waals surface area contributed by atoms with Crippen molar-refractivity contribution in [3.05, 3.63) is 59.1 Å². The summed E-state index contributed by atoms with van der Waals surface area (Å²) in [6.07, 6.45) is 0.688. The number of thioether (sulfide) groups is 1. The van der Waals surface area contributed by atoms with E-state index >= 15 is 0 Å². The number of sulfonamides is 1. The third kappa shape index (κ3) is 5.00. The molecule has 0 aliphatic carbocycles. The molecule has 1 fully saturated rings. The number of ether oxygens (including phenoxy) is 1. The van der Waals surface area contributed by atoms with Gasteiger partial charge in [-0.1, -0.05) is 29.8 Å². The number of amides is 1. The number of halogens is 1. The van der Waals surface area contributed by atoms with Gasteiger partial charge in [0.1, 0.15) is 5.75 Å². The molecule has 1 atom stereocenters. The first kappa shape index (κ1) is 21.0. The molecule has 9 heteroatoms. The second kappa shape index (κ2) is 9.17. The van der Waals surface area contributed by atoms with Crippen LogP contribution in [0.15, 0.2) is 53.4 Å². The van der Waals surface area contributed by atoms with Crippen molar-refractivity contribution in [2.75, 3.05) is 25.4 Å². The van der Waals surface area contributed by atoms with Crippen molar-refractivity contribution >= 4 is 39.3 Å². The Bertz CT molecular complexity index is 935. The average molecular weight is 441 g/mol. The molecule has 2 aromatic rings. The van der Waals surface area contributed by atoms with Crippen LogP contribution in [-0.2, 0) is 14.8 Å². The lowest BCUT2D eigenvalue weighted by molar-refractivity contribution is -0.119. The molecular weight excluding hydrogens is 420 g/mol. The summed E-state index contributed by atoms with van der Waals surface area (Å²) in [4.78, 5) is 11.0. The highest BCUT2D eigenvalue weighted by Gasteiger charge is 2.29. The molecule has 0 saturated carbocycles. The van der Waals surface area contributed by atoms with Crippen molar-refractivity contribution in [2.45, 2.75) is 16.6 Å². The smallest absolute Gasteiger partial charge is 0.255 e. The molecular formula is C19H21ClN2O4S2. The highest BCUT2D eigenvalue weighted by molar-refractivity contribution is 7.99. The molecule has 0 aromatic heterocycles. The Kier molecular flexibility index (Phi) is 6.87. The molecule has 6 nitrogen and oxygen atoms in total. The summed E-state index contributed by atoms with van der Waals surface area (Å²) in [5.41, 5.74) is 6.08. The summed E-state index contributed by atoms with van der Waals surface area (Å²) in [7, 11) is -3.61. The monoisotopic (exact) mass is 440 g/mol. The second-order valence-electron chi connectivity index (χ2n) is 6.30. The van der Waals surface area contributed by atoms with E-state index in [1.54, 1.807) is 11.8 Å². The molecule has 0 radical (unpaired) electrons. The van der Waals surface area contributed by atoms with Crippen LogP contribution in [0.3, 0.4) is 0 Å². The van der Waals surface area contributed by atoms with Crippen molar-refractivity contribution in [3.63, 3.8) is 0 Å². The second-order valence-corrected chi connectivity index (χ2v) is 9.96. The fourth-order valence-electron chi connectivity index (χ4n) is 2.99. The van der Waals surface area contributed by atoms with E-state index in [0.717, 1.165) is 5.56 Å². The van der Waals surface area contributed by atoms with Crippen LogP contribution in [0.25, 0.3) is 0 Å². The Hall–Kier alpha value is -1.74. The van der Waals surface area contributed by atoms with E-state index in [2.05, 4.69) is 0 Å². The van der Waals surface area contributed by atoms with Crippen molar-refractivity contribution in [1.29, 1.82) is 0 Å². The van der Waals surface area contributed by atoms with Gasteiger partial charge in [-0.15, -0.1) is 0 Å². The quantitative estimate of drug-likeness (QED) is 0.745. The first-order valence-electron chi connectivity index (χ1n) is 8.75. The molecule has 0 spiro atoms. The zero-order chi connectivity index (χ0) is 20.1. The van der Waals surface area contributed by atoms with Crippen molar-refractivity contribution < 1.29 is 17.9 Å². The average Bonchev–Trinajstić information content (AvgIpc) is 2.94. The Morgan fingerprint density at radius 1 is 1.18 bits per heavy atom. The molecule has 1 aliphatic heterocycles. The third-order valence-corrected chi connectivity index (χ3v) is 7.96. The fraction of sp³-hybridized carbons (Fsp3) is 0.316. The predicted molar refractivity (Wildman–Crippen MR) is 111 cm³/mol. The summed E-state index contributed by atoms with van der Waals surface area (Å²) >= 11 is 8.03. The number of benzene rings is 2. The van der Waals surface area contributed by atoms with Gasteiger partial charge in [-0.3, -0.25) is 4.79 Å². The summed E-state index contributed by atoms with van der Waals surface area (Å²) in [5.74, 6) is 0.490. The number of rotatable bonds is 6. The van der Waals surface area contributed by atoms with Gasteiger partial charge in [-0.05, 0) is 42.3 Å². The van der Waals surface area contributed by atoms with Gasteiger partial charge in [0.15, 0.2) is 6.61 Å². The highest BCUT2D eigenvalue weighted by atomic mass is 35.5. The molecule has 0 bridgehead atoms. The van der Waals surface area contributed by atoms with Gasteiger partial charge < -0.3 is 10.5 Å². The van der Waals surface area contributed by atoms with Gasteiger partial charge in [-0.2, -0.15) is 16.1 Å². The van der Waals surface area contributed by atoms with Crippen LogP contribution in [0.1, 0.15) is 17.2 Å². The molecule has 150 valence electrons. The highest BCUT2D eigenvalue weighted by Crippen LogP contribution is 2.38. The van der Waals surface area contributed by atoms with E-state index in [1.807, 2.05) is 24.3 Å². The van der Waals surface area contributed by atoms with Gasteiger partial charge >= 0.3 is 0 Å². The molecule has 2 N–H and O–H groups in total. The maximum absolute atomic E-state index is 13.0.